The van der Waals surface area contributed by atoms with E-state index in [1.165, 1.54) is 0 Å². The van der Waals surface area contributed by atoms with Gasteiger partial charge in [0.05, 0.1) is 23.7 Å². The van der Waals surface area contributed by atoms with E-state index in [-0.39, 0.29) is 23.9 Å². The van der Waals surface area contributed by atoms with Crippen molar-refractivity contribution in [1.82, 2.24) is 9.80 Å². The van der Waals surface area contributed by atoms with E-state index in [1.807, 2.05) is 16.7 Å². The van der Waals surface area contributed by atoms with Gasteiger partial charge < -0.3 is 9.80 Å². The molecule has 2 aliphatic heterocycles. The topological polar surface area (TPSA) is 64.4 Å². The molecule has 0 unspecified atom stereocenters. The SMILES string of the molecule is CCN1C(=O)CC[C@@H]2[C@H]1CCN2C(=O)c1cccc(C#N)c1. The molecule has 0 radical (unpaired) electrons. The van der Waals surface area contributed by atoms with Crippen molar-refractivity contribution in [2.24, 2.45) is 0 Å². The van der Waals surface area contributed by atoms with Gasteiger partial charge >= 0.3 is 0 Å². The Morgan fingerprint density at radius 2 is 2.18 bits per heavy atom. The average molecular weight is 297 g/mol. The summed E-state index contributed by atoms with van der Waals surface area (Å²) in [6, 6.07) is 9.15. The predicted octanol–water partition coefficient (Wildman–Crippen LogP) is 1.78. The molecular weight excluding hydrogens is 278 g/mol. The summed E-state index contributed by atoms with van der Waals surface area (Å²) in [5, 5.41) is 8.97. The molecule has 2 amide bonds. The zero-order chi connectivity index (χ0) is 15.7. The quantitative estimate of drug-likeness (QED) is 0.836. The highest BCUT2D eigenvalue weighted by Crippen LogP contribution is 2.32. The summed E-state index contributed by atoms with van der Waals surface area (Å²) in [4.78, 5) is 28.5. The number of amides is 2. The summed E-state index contributed by atoms with van der Waals surface area (Å²) in [5.41, 5.74) is 1.05. The Morgan fingerprint density at radius 1 is 1.36 bits per heavy atom. The van der Waals surface area contributed by atoms with Crippen LogP contribution < -0.4 is 0 Å². The maximum absolute atomic E-state index is 12.8. The van der Waals surface area contributed by atoms with Crippen molar-refractivity contribution in [3.05, 3.63) is 35.4 Å². The number of benzene rings is 1. The second-order valence-corrected chi connectivity index (χ2v) is 5.83. The van der Waals surface area contributed by atoms with Gasteiger partial charge in [-0.3, -0.25) is 9.59 Å². The smallest absolute Gasteiger partial charge is 0.254 e. The Balaban J connectivity index is 1.83. The van der Waals surface area contributed by atoms with E-state index >= 15 is 0 Å². The minimum absolute atomic E-state index is 0.0324. The van der Waals surface area contributed by atoms with Gasteiger partial charge in [-0.2, -0.15) is 5.26 Å². The second kappa shape index (κ2) is 5.80. The van der Waals surface area contributed by atoms with Crippen molar-refractivity contribution in [2.75, 3.05) is 13.1 Å². The molecule has 0 aliphatic carbocycles. The summed E-state index contributed by atoms with van der Waals surface area (Å²) in [6.07, 6.45) is 2.09. The first-order chi connectivity index (χ1) is 10.7. The summed E-state index contributed by atoms with van der Waals surface area (Å²) >= 11 is 0. The molecule has 5 heteroatoms. The van der Waals surface area contributed by atoms with E-state index in [4.69, 9.17) is 5.26 Å². The van der Waals surface area contributed by atoms with Gasteiger partial charge in [-0.1, -0.05) is 6.07 Å². The van der Waals surface area contributed by atoms with Crippen molar-refractivity contribution in [3.8, 4) is 6.07 Å². The molecule has 2 heterocycles. The molecule has 0 aromatic heterocycles. The number of nitrogens with zero attached hydrogens (tertiary/aromatic N) is 3. The van der Waals surface area contributed by atoms with Crippen molar-refractivity contribution >= 4 is 11.8 Å². The lowest BCUT2D eigenvalue weighted by Crippen LogP contribution is -2.53. The van der Waals surface area contributed by atoms with E-state index in [0.717, 1.165) is 12.8 Å². The molecule has 1 aromatic carbocycles. The zero-order valence-electron chi connectivity index (χ0n) is 12.7. The van der Waals surface area contributed by atoms with Crippen LogP contribution in [0.3, 0.4) is 0 Å². The fourth-order valence-electron chi connectivity index (χ4n) is 3.70. The van der Waals surface area contributed by atoms with Crippen molar-refractivity contribution in [1.29, 1.82) is 5.26 Å². The van der Waals surface area contributed by atoms with Gasteiger partial charge in [0.25, 0.3) is 5.91 Å². The van der Waals surface area contributed by atoms with Gasteiger partial charge in [0.2, 0.25) is 5.91 Å². The fraction of sp³-hybridized carbons (Fsp3) is 0.471. The van der Waals surface area contributed by atoms with Crippen LogP contribution in [-0.4, -0.2) is 46.8 Å². The average Bonchev–Trinajstić information content (AvgIpc) is 2.98. The largest absolute Gasteiger partial charge is 0.338 e. The van der Waals surface area contributed by atoms with Crippen LogP contribution in [0.2, 0.25) is 0 Å². The van der Waals surface area contributed by atoms with E-state index < -0.39 is 0 Å². The number of hydrogen-bond donors (Lipinski definition) is 0. The Labute approximate surface area is 130 Å². The summed E-state index contributed by atoms with van der Waals surface area (Å²) < 4.78 is 0. The van der Waals surface area contributed by atoms with Crippen LogP contribution in [-0.2, 0) is 4.79 Å². The van der Waals surface area contributed by atoms with Crippen LogP contribution in [0.1, 0.15) is 42.1 Å². The molecule has 114 valence electrons. The first kappa shape index (κ1) is 14.6. The maximum Gasteiger partial charge on any atom is 0.254 e. The Morgan fingerprint density at radius 3 is 2.91 bits per heavy atom. The monoisotopic (exact) mass is 297 g/mol. The van der Waals surface area contributed by atoms with Gasteiger partial charge in [0.15, 0.2) is 0 Å². The van der Waals surface area contributed by atoms with Gasteiger partial charge in [-0.25, -0.2) is 0 Å². The van der Waals surface area contributed by atoms with Gasteiger partial charge in [0, 0.05) is 25.1 Å². The van der Waals surface area contributed by atoms with E-state index in [2.05, 4.69) is 6.07 Å². The highest BCUT2D eigenvalue weighted by Gasteiger charge is 2.44. The maximum atomic E-state index is 12.8. The zero-order valence-corrected chi connectivity index (χ0v) is 12.7. The molecule has 5 nitrogen and oxygen atoms in total. The number of carbonyl (C=O) groups is 2. The first-order valence-corrected chi connectivity index (χ1v) is 7.76. The molecule has 2 fully saturated rings. The number of rotatable bonds is 2. The molecule has 22 heavy (non-hydrogen) atoms. The Hall–Kier alpha value is -2.35. The third kappa shape index (κ3) is 2.35. The summed E-state index contributed by atoms with van der Waals surface area (Å²) in [6.45, 7) is 3.36. The molecule has 2 atom stereocenters. The number of likely N-dealkylation sites (tertiary alicyclic amines) is 2. The lowest BCUT2D eigenvalue weighted by atomic mass is 9.96. The molecule has 0 N–H and O–H groups in total. The summed E-state index contributed by atoms with van der Waals surface area (Å²) in [7, 11) is 0. The van der Waals surface area contributed by atoms with E-state index in [9.17, 15) is 9.59 Å². The molecule has 0 spiro atoms. The van der Waals surface area contributed by atoms with Crippen LogP contribution in [0, 0.1) is 11.3 Å². The number of piperidine rings is 1. The Kier molecular flexibility index (Phi) is 3.84. The molecule has 2 aliphatic rings. The van der Waals surface area contributed by atoms with Crippen molar-refractivity contribution < 1.29 is 9.59 Å². The standard InChI is InChI=1S/C17H19N3O2/c1-2-19-15-8-9-20(14(15)6-7-16(19)21)17(22)13-5-3-4-12(10-13)11-18/h3-5,10,14-15H,2,6-9H2,1H3/t14-,15-/m1/s1. The third-order valence-electron chi connectivity index (χ3n) is 4.73. The van der Waals surface area contributed by atoms with Crippen LogP contribution in [0.25, 0.3) is 0 Å². The highest BCUT2D eigenvalue weighted by molar-refractivity contribution is 5.95. The predicted molar refractivity (Wildman–Crippen MR) is 81.0 cm³/mol. The molecule has 1 aromatic rings. The number of likely N-dealkylation sites (N-methyl/N-ethyl adjacent to an activating group) is 1. The van der Waals surface area contributed by atoms with E-state index in [0.29, 0.717) is 30.6 Å². The Bertz CT molecular complexity index is 650. The van der Waals surface area contributed by atoms with Crippen LogP contribution in [0.5, 0.6) is 0 Å². The number of hydrogen-bond acceptors (Lipinski definition) is 3. The summed E-state index contributed by atoms with van der Waals surface area (Å²) in [5.74, 6) is 0.166. The molecular formula is C17H19N3O2. The van der Waals surface area contributed by atoms with Crippen LogP contribution >= 0.6 is 0 Å². The third-order valence-corrected chi connectivity index (χ3v) is 4.73. The van der Waals surface area contributed by atoms with Gasteiger partial charge in [-0.15, -0.1) is 0 Å². The van der Waals surface area contributed by atoms with E-state index in [1.54, 1.807) is 24.3 Å². The van der Waals surface area contributed by atoms with Crippen molar-refractivity contribution in [3.63, 3.8) is 0 Å². The van der Waals surface area contributed by atoms with Crippen LogP contribution in [0.4, 0.5) is 0 Å². The minimum Gasteiger partial charge on any atom is -0.338 e. The molecule has 3 rings (SSSR count). The number of carbonyl (C=O) groups excluding carboxylic acids is 2. The molecule has 0 saturated carbocycles. The lowest BCUT2D eigenvalue weighted by Gasteiger charge is -2.39. The van der Waals surface area contributed by atoms with Gasteiger partial charge in [-0.05, 0) is 38.0 Å². The second-order valence-electron chi connectivity index (χ2n) is 5.83. The normalized spacial score (nSPS) is 24.1. The fourth-order valence-corrected chi connectivity index (χ4v) is 3.70. The molecule has 2 saturated heterocycles. The minimum atomic E-state index is -0.0324. The lowest BCUT2D eigenvalue weighted by molar-refractivity contribution is -0.137. The van der Waals surface area contributed by atoms with Crippen LogP contribution in [0.15, 0.2) is 24.3 Å². The van der Waals surface area contributed by atoms with Gasteiger partial charge in [0.1, 0.15) is 0 Å². The molecule has 0 bridgehead atoms. The number of fused-ring (bicyclic) bond motifs is 1. The van der Waals surface area contributed by atoms with Crippen molar-refractivity contribution in [2.45, 2.75) is 38.3 Å². The number of nitriles is 1. The highest BCUT2D eigenvalue weighted by atomic mass is 16.2. The first-order valence-electron chi connectivity index (χ1n) is 7.76.